The first-order chi connectivity index (χ1) is 10.3. The number of anilines is 2. The van der Waals surface area contributed by atoms with Gasteiger partial charge >= 0.3 is 0 Å². The van der Waals surface area contributed by atoms with E-state index in [1.54, 1.807) is 24.5 Å². The van der Waals surface area contributed by atoms with Gasteiger partial charge in [-0.15, -0.1) is 0 Å². The number of hydrogen-bond acceptors (Lipinski definition) is 5. The van der Waals surface area contributed by atoms with Gasteiger partial charge in [0.25, 0.3) is 0 Å². The van der Waals surface area contributed by atoms with Crippen LogP contribution in [0.3, 0.4) is 0 Å². The molecular weight excluding hydrogens is 262 g/mol. The SMILES string of the molecule is N#CCCN(Cc1cccnc1)c1cccc(C#N)c1N. The van der Waals surface area contributed by atoms with Crippen LogP contribution in [0, 0.1) is 22.7 Å². The lowest BCUT2D eigenvalue weighted by atomic mass is 10.1. The maximum atomic E-state index is 9.08. The van der Waals surface area contributed by atoms with E-state index >= 15 is 0 Å². The zero-order chi connectivity index (χ0) is 15.1. The molecule has 1 aromatic carbocycles. The summed E-state index contributed by atoms with van der Waals surface area (Å²) in [5.74, 6) is 0. The summed E-state index contributed by atoms with van der Waals surface area (Å²) in [5, 5.41) is 17.9. The largest absolute Gasteiger partial charge is 0.396 e. The molecule has 1 aromatic heterocycles. The van der Waals surface area contributed by atoms with Crippen LogP contribution in [0.15, 0.2) is 42.7 Å². The number of para-hydroxylation sites is 1. The number of nitrogens with two attached hydrogens (primary N) is 1. The highest BCUT2D eigenvalue weighted by atomic mass is 15.1. The second kappa shape index (κ2) is 6.93. The molecule has 0 atom stereocenters. The van der Waals surface area contributed by atoms with Gasteiger partial charge in [-0.05, 0) is 23.8 Å². The Labute approximate surface area is 123 Å². The third-order valence-electron chi connectivity index (χ3n) is 3.13. The molecule has 104 valence electrons. The molecule has 2 rings (SSSR count). The lowest BCUT2D eigenvalue weighted by molar-refractivity contribution is 0.796. The van der Waals surface area contributed by atoms with Crippen LogP contribution in [-0.4, -0.2) is 11.5 Å². The molecule has 2 aromatic rings. The quantitative estimate of drug-likeness (QED) is 0.848. The minimum absolute atomic E-state index is 0.385. The summed E-state index contributed by atoms with van der Waals surface area (Å²) in [7, 11) is 0. The Balaban J connectivity index is 2.32. The Morgan fingerprint density at radius 2 is 2.05 bits per heavy atom. The topological polar surface area (TPSA) is 89.7 Å². The Kier molecular flexibility index (Phi) is 4.74. The molecule has 2 N–H and O–H groups in total. The molecule has 0 fully saturated rings. The van der Waals surface area contributed by atoms with Crippen molar-refractivity contribution in [3.8, 4) is 12.1 Å². The van der Waals surface area contributed by atoms with Gasteiger partial charge in [-0.1, -0.05) is 12.1 Å². The van der Waals surface area contributed by atoms with Crippen molar-refractivity contribution in [2.24, 2.45) is 0 Å². The van der Waals surface area contributed by atoms with Gasteiger partial charge in [-0.3, -0.25) is 4.98 Å². The molecule has 0 spiro atoms. The Bertz CT molecular complexity index is 682. The first-order valence-corrected chi connectivity index (χ1v) is 6.55. The molecule has 0 saturated carbocycles. The fraction of sp³-hybridized carbons (Fsp3) is 0.188. The zero-order valence-electron chi connectivity index (χ0n) is 11.5. The molecular formula is C16H15N5. The smallest absolute Gasteiger partial charge is 0.101 e. The Hall–Kier alpha value is -3.05. The second-order valence-corrected chi connectivity index (χ2v) is 4.54. The van der Waals surface area contributed by atoms with Gasteiger partial charge in [-0.2, -0.15) is 10.5 Å². The summed E-state index contributed by atoms with van der Waals surface area (Å²) in [6.07, 6.45) is 3.88. The highest BCUT2D eigenvalue weighted by Gasteiger charge is 2.13. The van der Waals surface area contributed by atoms with Crippen LogP contribution in [0.25, 0.3) is 0 Å². The van der Waals surface area contributed by atoms with Gasteiger partial charge < -0.3 is 10.6 Å². The molecule has 0 amide bonds. The van der Waals surface area contributed by atoms with E-state index in [2.05, 4.69) is 17.1 Å². The molecule has 0 aliphatic rings. The van der Waals surface area contributed by atoms with Gasteiger partial charge in [0.1, 0.15) is 6.07 Å². The number of benzene rings is 1. The fourth-order valence-corrected chi connectivity index (χ4v) is 2.11. The van der Waals surface area contributed by atoms with Gasteiger partial charge in [0.15, 0.2) is 0 Å². The molecule has 0 aliphatic carbocycles. The number of aromatic nitrogens is 1. The molecule has 0 unspecified atom stereocenters. The predicted molar refractivity (Wildman–Crippen MR) is 81.1 cm³/mol. The molecule has 5 nitrogen and oxygen atoms in total. The molecule has 5 heteroatoms. The highest BCUT2D eigenvalue weighted by molar-refractivity contribution is 5.74. The van der Waals surface area contributed by atoms with E-state index in [-0.39, 0.29) is 0 Å². The average Bonchev–Trinajstić information content (AvgIpc) is 2.53. The summed E-state index contributed by atoms with van der Waals surface area (Å²) in [6.45, 7) is 1.14. The molecule has 0 bridgehead atoms. The summed E-state index contributed by atoms with van der Waals surface area (Å²) in [6, 6.07) is 13.4. The van der Waals surface area contributed by atoms with Crippen LogP contribution in [-0.2, 0) is 6.54 Å². The molecule has 1 heterocycles. The minimum Gasteiger partial charge on any atom is -0.396 e. The first-order valence-electron chi connectivity index (χ1n) is 6.55. The normalized spacial score (nSPS) is 9.62. The number of nitrogen functional groups attached to an aromatic ring is 1. The van der Waals surface area contributed by atoms with Crippen molar-refractivity contribution in [2.45, 2.75) is 13.0 Å². The first kappa shape index (κ1) is 14.4. The van der Waals surface area contributed by atoms with Crippen LogP contribution in [0.2, 0.25) is 0 Å². The number of nitriles is 2. The van der Waals surface area contributed by atoms with Crippen LogP contribution in [0.1, 0.15) is 17.5 Å². The standard InChI is InChI=1S/C16H15N5/c17-7-3-9-21(12-13-4-2-8-20-11-13)15-6-1-5-14(10-18)16(15)19/h1-2,4-6,8,11H,3,9,12,19H2. The van der Waals surface area contributed by atoms with Crippen LogP contribution in [0.4, 0.5) is 11.4 Å². The lowest BCUT2D eigenvalue weighted by Crippen LogP contribution is -2.25. The van der Waals surface area contributed by atoms with E-state index in [0.717, 1.165) is 11.3 Å². The third-order valence-corrected chi connectivity index (χ3v) is 3.13. The summed E-state index contributed by atoms with van der Waals surface area (Å²) >= 11 is 0. The van der Waals surface area contributed by atoms with Crippen LogP contribution in [0.5, 0.6) is 0 Å². The van der Waals surface area contributed by atoms with E-state index in [9.17, 15) is 0 Å². The summed E-state index contributed by atoms with van der Waals surface area (Å²) < 4.78 is 0. The monoisotopic (exact) mass is 277 g/mol. The van der Waals surface area contributed by atoms with Crippen molar-refractivity contribution < 1.29 is 0 Å². The van der Waals surface area contributed by atoms with Crippen molar-refractivity contribution in [1.82, 2.24) is 4.98 Å². The van der Waals surface area contributed by atoms with Crippen molar-refractivity contribution >= 4 is 11.4 Å². The van der Waals surface area contributed by atoms with Crippen LogP contribution >= 0.6 is 0 Å². The second-order valence-electron chi connectivity index (χ2n) is 4.54. The highest BCUT2D eigenvalue weighted by Crippen LogP contribution is 2.27. The Morgan fingerprint density at radius 1 is 1.19 bits per heavy atom. The van der Waals surface area contributed by atoms with Crippen molar-refractivity contribution in [3.63, 3.8) is 0 Å². The maximum absolute atomic E-state index is 9.08. The average molecular weight is 277 g/mol. The van der Waals surface area contributed by atoms with Crippen LogP contribution < -0.4 is 10.6 Å². The molecule has 0 saturated heterocycles. The molecule has 0 radical (unpaired) electrons. The molecule has 21 heavy (non-hydrogen) atoms. The van der Waals surface area contributed by atoms with Gasteiger partial charge in [0.05, 0.1) is 29.4 Å². The third kappa shape index (κ3) is 3.49. The molecule has 0 aliphatic heterocycles. The van der Waals surface area contributed by atoms with Crippen molar-refractivity contribution in [1.29, 1.82) is 10.5 Å². The summed E-state index contributed by atoms with van der Waals surface area (Å²) in [5.41, 5.74) is 8.75. The summed E-state index contributed by atoms with van der Waals surface area (Å²) in [4.78, 5) is 6.09. The van der Waals surface area contributed by atoms with E-state index in [1.807, 2.05) is 23.1 Å². The van der Waals surface area contributed by atoms with E-state index in [0.29, 0.717) is 30.8 Å². The lowest BCUT2D eigenvalue weighted by Gasteiger charge is -2.25. The number of hydrogen-bond donors (Lipinski definition) is 1. The van der Waals surface area contributed by atoms with E-state index in [1.165, 1.54) is 0 Å². The number of rotatable bonds is 5. The van der Waals surface area contributed by atoms with E-state index < -0.39 is 0 Å². The fourth-order valence-electron chi connectivity index (χ4n) is 2.11. The van der Waals surface area contributed by atoms with Crippen molar-refractivity contribution in [2.75, 3.05) is 17.2 Å². The number of pyridine rings is 1. The maximum Gasteiger partial charge on any atom is 0.101 e. The Morgan fingerprint density at radius 3 is 2.71 bits per heavy atom. The van der Waals surface area contributed by atoms with Gasteiger partial charge in [0.2, 0.25) is 0 Å². The zero-order valence-corrected chi connectivity index (χ0v) is 11.5. The number of nitrogens with zero attached hydrogens (tertiary/aromatic N) is 4. The van der Waals surface area contributed by atoms with Gasteiger partial charge in [0, 0.05) is 25.5 Å². The van der Waals surface area contributed by atoms with E-state index in [4.69, 9.17) is 16.3 Å². The predicted octanol–water partition coefficient (Wildman–Crippen LogP) is 2.46. The minimum atomic E-state index is 0.385. The van der Waals surface area contributed by atoms with Gasteiger partial charge in [-0.25, -0.2) is 0 Å². The van der Waals surface area contributed by atoms with Crippen molar-refractivity contribution in [3.05, 3.63) is 53.9 Å².